The van der Waals surface area contributed by atoms with Crippen molar-refractivity contribution < 1.29 is 9.72 Å². The van der Waals surface area contributed by atoms with Crippen LogP contribution in [0.5, 0.6) is 0 Å². The summed E-state index contributed by atoms with van der Waals surface area (Å²) in [6.07, 6.45) is 0. The molecule has 0 atom stereocenters. The zero-order valence-electron chi connectivity index (χ0n) is 15.6. The number of amides is 1. The molecule has 2 N–H and O–H groups in total. The molecule has 1 amide bonds. The van der Waals surface area contributed by atoms with E-state index >= 15 is 0 Å². The van der Waals surface area contributed by atoms with Crippen molar-refractivity contribution in [2.45, 2.75) is 13.1 Å². The SMILES string of the molecule is CN=C(NCc1ccc(C(=O)N(C)C)cc1)NCc1ccccc1[N+](=O)[O-]. The van der Waals surface area contributed by atoms with Gasteiger partial charge in [0.1, 0.15) is 0 Å². The summed E-state index contributed by atoms with van der Waals surface area (Å²) in [6, 6.07) is 13.9. The van der Waals surface area contributed by atoms with Crippen molar-refractivity contribution in [3.63, 3.8) is 0 Å². The van der Waals surface area contributed by atoms with Gasteiger partial charge >= 0.3 is 0 Å². The molecule has 27 heavy (non-hydrogen) atoms. The first-order valence-corrected chi connectivity index (χ1v) is 8.39. The van der Waals surface area contributed by atoms with Gasteiger partial charge < -0.3 is 15.5 Å². The van der Waals surface area contributed by atoms with Gasteiger partial charge in [0, 0.05) is 51.4 Å². The van der Waals surface area contributed by atoms with Crippen LogP contribution in [-0.4, -0.2) is 42.8 Å². The predicted octanol–water partition coefficient (Wildman–Crippen LogP) is 2.16. The zero-order valence-corrected chi connectivity index (χ0v) is 15.6. The third kappa shape index (κ3) is 5.53. The summed E-state index contributed by atoms with van der Waals surface area (Å²) in [6.45, 7) is 0.792. The van der Waals surface area contributed by atoms with E-state index in [0.29, 0.717) is 23.6 Å². The van der Waals surface area contributed by atoms with Crippen LogP contribution in [-0.2, 0) is 13.1 Å². The lowest BCUT2D eigenvalue weighted by Crippen LogP contribution is -2.36. The molecule has 8 heteroatoms. The molecule has 0 saturated heterocycles. The number of nitrogens with one attached hydrogen (secondary N) is 2. The smallest absolute Gasteiger partial charge is 0.274 e. The lowest BCUT2D eigenvalue weighted by atomic mass is 10.1. The fourth-order valence-corrected chi connectivity index (χ4v) is 2.45. The van der Waals surface area contributed by atoms with Crippen molar-refractivity contribution in [1.29, 1.82) is 0 Å². The summed E-state index contributed by atoms with van der Waals surface area (Å²) in [7, 11) is 5.06. The number of guanidine groups is 1. The molecular formula is C19H23N5O3. The van der Waals surface area contributed by atoms with Gasteiger partial charge in [0.2, 0.25) is 0 Å². The highest BCUT2D eigenvalue weighted by Crippen LogP contribution is 2.17. The van der Waals surface area contributed by atoms with E-state index < -0.39 is 4.92 Å². The van der Waals surface area contributed by atoms with Gasteiger partial charge in [0.15, 0.2) is 5.96 Å². The first kappa shape index (κ1) is 19.9. The van der Waals surface area contributed by atoms with Crippen molar-refractivity contribution in [3.05, 3.63) is 75.3 Å². The minimum atomic E-state index is -0.399. The van der Waals surface area contributed by atoms with Gasteiger partial charge in [0.25, 0.3) is 11.6 Å². The maximum atomic E-state index is 11.9. The maximum Gasteiger partial charge on any atom is 0.274 e. The molecule has 0 aliphatic carbocycles. The topological polar surface area (TPSA) is 99.9 Å². The number of carbonyl (C=O) groups is 1. The number of rotatable bonds is 6. The Labute approximate surface area is 158 Å². The molecule has 0 fully saturated rings. The first-order chi connectivity index (χ1) is 12.9. The molecule has 2 rings (SSSR count). The third-order valence-electron chi connectivity index (χ3n) is 3.93. The van der Waals surface area contributed by atoms with Gasteiger partial charge in [-0.3, -0.25) is 19.9 Å². The molecule has 2 aromatic rings. The standard InChI is InChI=1S/C19H23N5O3/c1-20-19(22-13-16-6-4-5-7-17(16)24(26)27)21-12-14-8-10-15(11-9-14)18(25)23(2)3/h4-11H,12-13H2,1-3H3,(H2,20,21,22). The number of nitro benzene ring substituents is 1. The van der Waals surface area contributed by atoms with Gasteiger partial charge in [0.05, 0.1) is 4.92 Å². The Hall–Kier alpha value is -3.42. The quantitative estimate of drug-likeness (QED) is 0.352. The van der Waals surface area contributed by atoms with Gasteiger partial charge in [-0.15, -0.1) is 0 Å². The Bertz CT molecular complexity index is 831. The van der Waals surface area contributed by atoms with Crippen LogP contribution in [0.1, 0.15) is 21.5 Å². The fourth-order valence-electron chi connectivity index (χ4n) is 2.45. The molecule has 0 aliphatic heterocycles. The summed E-state index contributed by atoms with van der Waals surface area (Å²) in [5, 5.41) is 17.3. The number of hydrogen-bond donors (Lipinski definition) is 2. The van der Waals surface area contributed by atoms with Gasteiger partial charge in [-0.05, 0) is 17.7 Å². The van der Waals surface area contributed by atoms with Gasteiger partial charge in [-0.1, -0.05) is 30.3 Å². The number of hydrogen-bond acceptors (Lipinski definition) is 4. The monoisotopic (exact) mass is 369 g/mol. The van der Waals surface area contributed by atoms with E-state index in [1.165, 1.54) is 11.0 Å². The van der Waals surface area contributed by atoms with Crippen molar-refractivity contribution in [2.24, 2.45) is 4.99 Å². The molecule has 0 radical (unpaired) electrons. The molecule has 0 spiro atoms. The van der Waals surface area contributed by atoms with Crippen LogP contribution in [0.3, 0.4) is 0 Å². The Morgan fingerprint density at radius 1 is 1.07 bits per heavy atom. The number of aliphatic imine (C=N–C) groups is 1. The third-order valence-corrected chi connectivity index (χ3v) is 3.93. The average molecular weight is 369 g/mol. The Morgan fingerprint density at radius 2 is 1.70 bits per heavy atom. The summed E-state index contributed by atoms with van der Waals surface area (Å²) in [5.74, 6) is 0.484. The van der Waals surface area contributed by atoms with Crippen LogP contribution in [0.25, 0.3) is 0 Å². The van der Waals surface area contributed by atoms with Crippen molar-refractivity contribution in [1.82, 2.24) is 15.5 Å². The summed E-state index contributed by atoms with van der Waals surface area (Å²) < 4.78 is 0. The Kier molecular flexibility index (Phi) is 6.87. The second-order valence-corrected chi connectivity index (χ2v) is 6.06. The van der Waals surface area contributed by atoms with Crippen LogP contribution in [0.2, 0.25) is 0 Å². The first-order valence-electron chi connectivity index (χ1n) is 8.39. The minimum absolute atomic E-state index is 0.0450. The molecule has 0 aromatic heterocycles. The van der Waals surface area contributed by atoms with Crippen molar-refractivity contribution >= 4 is 17.6 Å². The highest BCUT2D eigenvalue weighted by atomic mass is 16.6. The second kappa shape index (κ2) is 9.33. The molecule has 8 nitrogen and oxygen atoms in total. The highest BCUT2D eigenvalue weighted by molar-refractivity contribution is 5.93. The van der Waals surface area contributed by atoms with Crippen molar-refractivity contribution in [3.8, 4) is 0 Å². The lowest BCUT2D eigenvalue weighted by Gasteiger charge is -2.13. The Balaban J connectivity index is 1.93. The highest BCUT2D eigenvalue weighted by Gasteiger charge is 2.12. The van der Waals surface area contributed by atoms with Crippen LogP contribution in [0, 0.1) is 10.1 Å². The number of nitrogens with zero attached hydrogens (tertiary/aromatic N) is 3. The number of benzene rings is 2. The lowest BCUT2D eigenvalue weighted by molar-refractivity contribution is -0.385. The van der Waals surface area contributed by atoms with Crippen LogP contribution < -0.4 is 10.6 Å². The second-order valence-electron chi connectivity index (χ2n) is 6.06. The van der Waals surface area contributed by atoms with E-state index in [1.54, 1.807) is 51.5 Å². The van der Waals surface area contributed by atoms with E-state index in [-0.39, 0.29) is 18.1 Å². The van der Waals surface area contributed by atoms with Crippen LogP contribution >= 0.6 is 0 Å². The average Bonchev–Trinajstić information content (AvgIpc) is 2.68. The molecule has 0 aliphatic rings. The van der Waals surface area contributed by atoms with Gasteiger partial charge in [-0.25, -0.2) is 0 Å². The largest absolute Gasteiger partial charge is 0.352 e. The fraction of sp³-hybridized carbons (Fsp3) is 0.263. The zero-order chi connectivity index (χ0) is 19.8. The van der Waals surface area contributed by atoms with Crippen LogP contribution in [0.4, 0.5) is 5.69 Å². The molecule has 0 saturated carbocycles. The molecule has 2 aromatic carbocycles. The summed E-state index contributed by atoms with van der Waals surface area (Å²) in [5.41, 5.74) is 2.26. The minimum Gasteiger partial charge on any atom is -0.352 e. The van der Waals surface area contributed by atoms with E-state index in [9.17, 15) is 14.9 Å². The van der Waals surface area contributed by atoms with Gasteiger partial charge in [-0.2, -0.15) is 0 Å². The predicted molar refractivity (Wildman–Crippen MR) is 105 cm³/mol. The normalized spacial score (nSPS) is 11.0. The van der Waals surface area contributed by atoms with Crippen molar-refractivity contribution in [2.75, 3.05) is 21.1 Å². The molecule has 0 unspecified atom stereocenters. The molecule has 0 bridgehead atoms. The maximum absolute atomic E-state index is 11.9. The molecular weight excluding hydrogens is 346 g/mol. The number of nitro groups is 1. The Morgan fingerprint density at radius 3 is 2.30 bits per heavy atom. The van der Waals surface area contributed by atoms with E-state index in [1.807, 2.05) is 12.1 Å². The van der Waals surface area contributed by atoms with Crippen LogP contribution in [0.15, 0.2) is 53.5 Å². The molecule has 0 heterocycles. The molecule has 142 valence electrons. The summed E-state index contributed by atoms with van der Waals surface area (Å²) in [4.78, 5) is 28.2. The van der Waals surface area contributed by atoms with E-state index in [4.69, 9.17) is 0 Å². The van der Waals surface area contributed by atoms with E-state index in [2.05, 4.69) is 15.6 Å². The number of para-hydroxylation sites is 1. The summed E-state index contributed by atoms with van der Waals surface area (Å²) >= 11 is 0. The number of carbonyl (C=O) groups excluding carboxylic acids is 1. The van der Waals surface area contributed by atoms with E-state index in [0.717, 1.165) is 5.56 Å².